The van der Waals surface area contributed by atoms with Gasteiger partial charge in [0.15, 0.2) is 13.1 Å². The molecule has 0 amide bonds. The van der Waals surface area contributed by atoms with Crippen molar-refractivity contribution in [2.75, 3.05) is 71.4 Å². The van der Waals surface area contributed by atoms with E-state index in [-0.39, 0.29) is 0 Å². The molecule has 0 bridgehead atoms. The van der Waals surface area contributed by atoms with Crippen LogP contribution in [0.15, 0.2) is 30.3 Å². The number of piperazine rings is 2. The summed E-state index contributed by atoms with van der Waals surface area (Å²) in [5, 5.41) is 1.34. The molecule has 5 rings (SSSR count). The van der Waals surface area contributed by atoms with E-state index in [2.05, 4.69) is 70.6 Å². The van der Waals surface area contributed by atoms with Crippen molar-refractivity contribution in [1.82, 2.24) is 19.4 Å². The Morgan fingerprint density at radius 2 is 1.69 bits per heavy atom. The minimum atomic E-state index is 1.10. The Bertz CT molecular complexity index is 1120. The van der Waals surface area contributed by atoms with Crippen LogP contribution >= 0.6 is 11.3 Å². The molecule has 3 aliphatic heterocycles. The minimum Gasteiger partial charge on any atom is -0.369 e. The summed E-state index contributed by atoms with van der Waals surface area (Å²) >= 11 is 1.92. The monoisotopic (exact) mass is 450 g/mol. The number of likely N-dealkylation sites (N-methyl/N-ethyl adjacent to an activating group) is 2. The van der Waals surface area contributed by atoms with E-state index in [0.717, 1.165) is 64.5 Å². The van der Waals surface area contributed by atoms with Crippen molar-refractivity contribution in [1.29, 1.82) is 0 Å². The number of aromatic nitrogens is 1. The van der Waals surface area contributed by atoms with Crippen LogP contribution in [0.2, 0.25) is 0 Å². The van der Waals surface area contributed by atoms with Crippen molar-refractivity contribution in [2.45, 2.75) is 26.2 Å². The van der Waals surface area contributed by atoms with Gasteiger partial charge < -0.3 is 9.80 Å². The lowest BCUT2D eigenvalue weighted by Crippen LogP contribution is -2.46. The lowest BCUT2D eigenvalue weighted by atomic mass is 10.1. The average molecular weight is 451 g/mol. The SMILES string of the molecule is CCCCc1cc(N2CCN(C)CC2)cc2sc3cc(=[N+]4CCN(C)CC4)ccc-3nc12. The zero-order valence-electron chi connectivity index (χ0n) is 19.8. The first-order valence-corrected chi connectivity index (χ1v) is 13.0. The molecule has 0 radical (unpaired) electrons. The maximum absolute atomic E-state index is 5.18. The van der Waals surface area contributed by atoms with Gasteiger partial charge in [0.2, 0.25) is 5.36 Å². The van der Waals surface area contributed by atoms with E-state index in [1.54, 1.807) is 0 Å². The summed E-state index contributed by atoms with van der Waals surface area (Å²) in [5.41, 5.74) is 5.13. The summed E-state index contributed by atoms with van der Waals surface area (Å²) in [6, 6.07) is 11.7. The Kier molecular flexibility index (Phi) is 6.44. The van der Waals surface area contributed by atoms with Gasteiger partial charge in [-0.2, -0.15) is 0 Å². The standard InChI is InChI=1S/C26H36N5S/c1-4-5-6-20-17-22(31-15-11-29(3)12-16-31)19-25-26(20)27-23-8-7-21(18-24(23)32-25)30-13-9-28(2)10-14-30/h7-8,17-19H,4-6,9-16H2,1-3H3/q+1. The smallest absolute Gasteiger partial charge is 0.201 e. The van der Waals surface area contributed by atoms with Crippen LogP contribution in [0.3, 0.4) is 0 Å². The summed E-state index contributed by atoms with van der Waals surface area (Å²) in [7, 11) is 4.43. The fraction of sp³-hybridized carbons (Fsp3) is 0.538. The highest BCUT2D eigenvalue weighted by molar-refractivity contribution is 7.21. The third-order valence-electron chi connectivity index (χ3n) is 7.07. The Labute approximate surface area is 196 Å². The lowest BCUT2D eigenvalue weighted by Gasteiger charge is -2.34. The molecule has 1 aromatic carbocycles. The first-order valence-electron chi connectivity index (χ1n) is 12.2. The van der Waals surface area contributed by atoms with Gasteiger partial charge in [0, 0.05) is 44.0 Å². The van der Waals surface area contributed by atoms with Gasteiger partial charge in [-0.1, -0.05) is 13.3 Å². The van der Waals surface area contributed by atoms with Gasteiger partial charge in [-0.15, -0.1) is 11.3 Å². The van der Waals surface area contributed by atoms with Gasteiger partial charge in [-0.05, 0) is 50.7 Å². The minimum absolute atomic E-state index is 1.10. The third kappa shape index (κ3) is 4.54. The van der Waals surface area contributed by atoms with Crippen LogP contribution in [-0.2, 0) is 6.42 Å². The van der Waals surface area contributed by atoms with Gasteiger partial charge in [0.05, 0.1) is 33.9 Å². The number of anilines is 1. The van der Waals surface area contributed by atoms with Crippen LogP contribution in [0.4, 0.5) is 5.69 Å². The molecule has 0 atom stereocenters. The maximum Gasteiger partial charge on any atom is 0.201 e. The average Bonchev–Trinajstić information content (AvgIpc) is 2.81. The Morgan fingerprint density at radius 1 is 0.938 bits per heavy atom. The molecular formula is C26H36N5S+. The first-order chi connectivity index (χ1) is 15.6. The summed E-state index contributed by atoms with van der Waals surface area (Å²) in [6.45, 7) is 11.2. The van der Waals surface area contributed by atoms with Gasteiger partial charge in [-0.3, -0.25) is 4.90 Å². The largest absolute Gasteiger partial charge is 0.369 e. The number of benzene rings is 2. The second kappa shape index (κ2) is 9.46. The van der Waals surface area contributed by atoms with Crippen LogP contribution in [0.1, 0.15) is 25.3 Å². The fourth-order valence-corrected chi connectivity index (χ4v) is 5.92. The van der Waals surface area contributed by atoms with Crippen LogP contribution in [0, 0.1) is 0 Å². The molecule has 0 unspecified atom stereocenters. The molecule has 2 fully saturated rings. The fourth-order valence-electron chi connectivity index (χ4n) is 4.84. The Morgan fingerprint density at radius 3 is 2.44 bits per heavy atom. The first kappa shape index (κ1) is 21.8. The zero-order valence-corrected chi connectivity index (χ0v) is 20.6. The molecule has 3 heterocycles. The molecule has 32 heavy (non-hydrogen) atoms. The van der Waals surface area contributed by atoms with Crippen molar-refractivity contribution < 1.29 is 0 Å². The summed E-state index contributed by atoms with van der Waals surface area (Å²) < 4.78 is 3.85. The van der Waals surface area contributed by atoms with Gasteiger partial charge in [-0.25, -0.2) is 9.56 Å². The molecule has 1 aromatic rings. The molecule has 0 N–H and O–H groups in total. The second-order valence-electron chi connectivity index (χ2n) is 9.50. The predicted molar refractivity (Wildman–Crippen MR) is 137 cm³/mol. The molecule has 5 nitrogen and oxygen atoms in total. The van der Waals surface area contributed by atoms with E-state index in [1.807, 2.05) is 11.3 Å². The number of unbranched alkanes of at least 4 members (excludes halogenated alkanes) is 1. The Hall–Kier alpha value is -2.02. The van der Waals surface area contributed by atoms with Crippen LogP contribution < -0.4 is 14.8 Å². The maximum atomic E-state index is 5.18. The third-order valence-corrected chi connectivity index (χ3v) is 8.15. The molecular weight excluding hydrogens is 414 g/mol. The summed E-state index contributed by atoms with van der Waals surface area (Å²) in [4.78, 5) is 13.9. The number of rotatable bonds is 4. The highest BCUT2D eigenvalue weighted by Crippen LogP contribution is 2.35. The summed E-state index contributed by atoms with van der Waals surface area (Å²) in [5.74, 6) is 0. The van der Waals surface area contributed by atoms with Crippen LogP contribution in [0.25, 0.3) is 20.8 Å². The van der Waals surface area contributed by atoms with Crippen molar-refractivity contribution in [3.05, 3.63) is 41.3 Å². The van der Waals surface area contributed by atoms with Gasteiger partial charge in [0.1, 0.15) is 0 Å². The quantitative estimate of drug-likeness (QED) is 0.450. The normalized spacial score (nSPS) is 18.7. The molecule has 6 heteroatoms. The van der Waals surface area contributed by atoms with E-state index >= 15 is 0 Å². The van der Waals surface area contributed by atoms with E-state index in [9.17, 15) is 0 Å². The van der Waals surface area contributed by atoms with Crippen molar-refractivity contribution in [3.63, 3.8) is 0 Å². The van der Waals surface area contributed by atoms with Crippen LogP contribution in [-0.4, -0.2) is 81.2 Å². The van der Waals surface area contributed by atoms with Gasteiger partial charge in [0.25, 0.3) is 0 Å². The van der Waals surface area contributed by atoms with Gasteiger partial charge >= 0.3 is 0 Å². The van der Waals surface area contributed by atoms with Crippen LogP contribution in [0.5, 0.6) is 0 Å². The van der Waals surface area contributed by atoms with E-state index in [1.165, 1.54) is 44.5 Å². The van der Waals surface area contributed by atoms with E-state index in [4.69, 9.17) is 4.98 Å². The molecule has 0 saturated carbocycles. The topological polar surface area (TPSA) is 25.6 Å². The van der Waals surface area contributed by atoms with E-state index in [0.29, 0.717) is 0 Å². The number of nitrogens with zero attached hydrogens (tertiary/aromatic N) is 5. The predicted octanol–water partition coefficient (Wildman–Crippen LogP) is 3.21. The highest BCUT2D eigenvalue weighted by atomic mass is 32.1. The molecule has 1 aliphatic carbocycles. The van der Waals surface area contributed by atoms with Crippen molar-refractivity contribution in [2.24, 2.45) is 0 Å². The number of hydrogen-bond acceptors (Lipinski definition) is 5. The summed E-state index contributed by atoms with van der Waals surface area (Å²) in [6.07, 6.45) is 3.54. The molecule has 0 aromatic heterocycles. The van der Waals surface area contributed by atoms with Crippen molar-refractivity contribution >= 4 is 27.2 Å². The molecule has 4 aliphatic rings. The number of aryl methyl sites for hydroxylation is 1. The van der Waals surface area contributed by atoms with E-state index < -0.39 is 0 Å². The highest BCUT2D eigenvalue weighted by Gasteiger charge is 2.20. The molecule has 2 saturated heterocycles. The number of fused-ring (bicyclic) bond motifs is 2. The van der Waals surface area contributed by atoms with Crippen molar-refractivity contribution in [3.8, 4) is 10.6 Å². The second-order valence-corrected chi connectivity index (χ2v) is 10.6. The Balaban J connectivity index is 1.59. The number of hydrogen-bond donors (Lipinski definition) is 0. The molecule has 0 spiro atoms. The zero-order chi connectivity index (χ0) is 22.1. The molecule has 170 valence electrons. The lowest BCUT2D eigenvalue weighted by molar-refractivity contribution is 0.267.